The maximum atomic E-state index is 5.97. The SMILES string of the molecule is Cc1ccc(C=[Si](O[SiH3])O[SiH]=Cc2ccccc2C)cc1. The fraction of sp³-hybridized carbons (Fsp3) is 0.125. The van der Waals surface area contributed by atoms with Gasteiger partial charge in [0.1, 0.15) is 0 Å². The van der Waals surface area contributed by atoms with E-state index >= 15 is 0 Å². The van der Waals surface area contributed by atoms with Gasteiger partial charge in [0.2, 0.25) is 9.38 Å². The lowest BCUT2D eigenvalue weighted by Gasteiger charge is -2.05. The predicted octanol–water partition coefficient (Wildman–Crippen LogP) is 1.04. The largest absolute Gasteiger partial charge is 0.586 e. The van der Waals surface area contributed by atoms with E-state index in [9.17, 15) is 0 Å². The first kappa shape index (κ1) is 15.8. The van der Waals surface area contributed by atoms with E-state index in [-0.39, 0.29) is 9.38 Å². The van der Waals surface area contributed by atoms with Crippen LogP contribution in [0.15, 0.2) is 48.5 Å². The third-order valence-corrected chi connectivity index (χ3v) is 7.33. The van der Waals surface area contributed by atoms with E-state index in [4.69, 9.17) is 8.23 Å². The molecule has 21 heavy (non-hydrogen) atoms. The van der Waals surface area contributed by atoms with Gasteiger partial charge in [0.15, 0.2) is 10.5 Å². The van der Waals surface area contributed by atoms with E-state index in [2.05, 4.69) is 73.7 Å². The lowest BCUT2D eigenvalue weighted by atomic mass is 10.1. The van der Waals surface area contributed by atoms with Gasteiger partial charge in [-0.3, -0.25) is 0 Å². The highest BCUT2D eigenvalue weighted by atomic mass is 28.4. The standard InChI is InChI=1S/C16H20O2Si3/c1-13-7-9-15(10-8-13)12-21(17-19)18-20-11-16-6-4-3-5-14(16)2/h3-12,20H,1-2,19H3. The molecular formula is C16H20O2Si3. The van der Waals surface area contributed by atoms with Gasteiger partial charge >= 0.3 is 8.90 Å². The number of hydrogen-bond acceptors (Lipinski definition) is 2. The van der Waals surface area contributed by atoms with Crippen molar-refractivity contribution in [1.29, 1.82) is 0 Å². The summed E-state index contributed by atoms with van der Waals surface area (Å²) in [7, 11) is -0.771. The smallest absolute Gasteiger partial charge is 0.455 e. The molecule has 0 aromatic heterocycles. The Bertz CT molecular complexity index is 649. The summed E-state index contributed by atoms with van der Waals surface area (Å²) in [6.45, 7) is 4.22. The molecule has 2 nitrogen and oxygen atoms in total. The molecule has 108 valence electrons. The van der Waals surface area contributed by atoms with Gasteiger partial charge in [-0.05, 0) is 36.2 Å². The first-order valence-electron chi connectivity index (χ1n) is 6.90. The molecule has 5 heteroatoms. The van der Waals surface area contributed by atoms with Crippen LogP contribution in [-0.4, -0.2) is 40.1 Å². The van der Waals surface area contributed by atoms with Crippen LogP contribution < -0.4 is 0 Å². The monoisotopic (exact) mass is 328 g/mol. The van der Waals surface area contributed by atoms with Crippen LogP contribution in [0.4, 0.5) is 0 Å². The van der Waals surface area contributed by atoms with Crippen LogP contribution >= 0.6 is 0 Å². The Morgan fingerprint density at radius 1 is 1.05 bits per heavy atom. The van der Waals surface area contributed by atoms with Crippen molar-refractivity contribution in [3.63, 3.8) is 0 Å². The lowest BCUT2D eigenvalue weighted by Crippen LogP contribution is -2.16. The molecular weight excluding hydrogens is 308 g/mol. The minimum Gasteiger partial charge on any atom is -0.586 e. The average molecular weight is 329 g/mol. The van der Waals surface area contributed by atoms with Gasteiger partial charge in [-0.15, -0.1) is 0 Å². The minimum atomic E-state index is -1.29. The van der Waals surface area contributed by atoms with Gasteiger partial charge < -0.3 is 8.23 Å². The Kier molecular flexibility index (Phi) is 6.04. The highest BCUT2D eigenvalue weighted by Gasteiger charge is 2.00. The molecule has 2 aromatic rings. The fourth-order valence-corrected chi connectivity index (χ4v) is 5.68. The van der Waals surface area contributed by atoms with Crippen LogP contribution in [0.3, 0.4) is 0 Å². The highest BCUT2D eigenvalue weighted by Crippen LogP contribution is 2.03. The van der Waals surface area contributed by atoms with E-state index in [0.29, 0.717) is 10.5 Å². The minimum absolute atomic E-state index is 0.188. The number of hydrogen-bond donors (Lipinski definition) is 0. The second-order valence-electron chi connectivity index (χ2n) is 4.86. The fourth-order valence-electron chi connectivity index (χ4n) is 1.89. The molecule has 0 radical (unpaired) electrons. The van der Waals surface area contributed by atoms with E-state index in [0.717, 1.165) is 0 Å². The first-order chi connectivity index (χ1) is 10.2. The van der Waals surface area contributed by atoms with E-state index in [1.165, 1.54) is 22.3 Å². The van der Waals surface area contributed by atoms with E-state index in [1.807, 2.05) is 0 Å². The molecule has 0 aliphatic rings. The van der Waals surface area contributed by atoms with Gasteiger partial charge in [-0.2, -0.15) is 0 Å². The van der Waals surface area contributed by atoms with Crippen molar-refractivity contribution >= 4 is 40.1 Å². The van der Waals surface area contributed by atoms with Crippen molar-refractivity contribution < 1.29 is 8.23 Å². The number of aryl methyl sites for hydroxylation is 2. The zero-order valence-corrected chi connectivity index (χ0v) is 16.8. The second kappa shape index (κ2) is 8.02. The summed E-state index contributed by atoms with van der Waals surface area (Å²) in [4.78, 5) is 0. The summed E-state index contributed by atoms with van der Waals surface area (Å²) in [6, 6.07) is 16.8. The van der Waals surface area contributed by atoms with Crippen LogP contribution in [0.25, 0.3) is 0 Å². The van der Waals surface area contributed by atoms with Crippen LogP contribution in [0.5, 0.6) is 0 Å². The summed E-state index contributed by atoms with van der Waals surface area (Å²) in [6.07, 6.45) is 0. The van der Waals surface area contributed by atoms with Crippen LogP contribution in [0, 0.1) is 13.8 Å². The predicted molar refractivity (Wildman–Crippen MR) is 97.7 cm³/mol. The molecule has 0 unspecified atom stereocenters. The van der Waals surface area contributed by atoms with Crippen molar-refractivity contribution in [1.82, 2.24) is 0 Å². The van der Waals surface area contributed by atoms with Crippen molar-refractivity contribution in [2.75, 3.05) is 0 Å². The molecule has 0 N–H and O–H groups in total. The summed E-state index contributed by atoms with van der Waals surface area (Å²) in [5.74, 6) is 0. The quantitative estimate of drug-likeness (QED) is 0.764. The molecule has 0 atom stereocenters. The van der Waals surface area contributed by atoms with Gasteiger partial charge in [0.25, 0.3) is 0 Å². The average Bonchev–Trinajstić information content (AvgIpc) is 2.50. The Hall–Kier alpha value is -1.57. The summed E-state index contributed by atoms with van der Waals surface area (Å²) < 4.78 is 11.6. The second-order valence-corrected chi connectivity index (χ2v) is 8.96. The molecule has 2 rings (SSSR count). The molecule has 0 aliphatic carbocycles. The summed E-state index contributed by atoms with van der Waals surface area (Å²) >= 11 is 0. The Morgan fingerprint density at radius 3 is 2.43 bits per heavy atom. The maximum Gasteiger partial charge on any atom is 0.455 e. The third-order valence-electron chi connectivity index (χ3n) is 3.18. The zero-order valence-electron chi connectivity index (χ0n) is 12.7. The number of benzene rings is 2. The Balaban J connectivity index is 2.06. The zero-order chi connectivity index (χ0) is 15.1. The Labute approximate surface area is 133 Å². The van der Waals surface area contributed by atoms with Crippen molar-refractivity contribution in [3.05, 3.63) is 70.8 Å². The van der Waals surface area contributed by atoms with Crippen LogP contribution in [0.2, 0.25) is 0 Å². The van der Waals surface area contributed by atoms with Gasteiger partial charge in [0.05, 0.1) is 0 Å². The number of rotatable bonds is 5. The van der Waals surface area contributed by atoms with E-state index in [1.54, 1.807) is 0 Å². The van der Waals surface area contributed by atoms with Crippen molar-refractivity contribution in [2.24, 2.45) is 0 Å². The lowest BCUT2D eigenvalue weighted by molar-refractivity contribution is 0.503. The molecule has 0 amide bonds. The van der Waals surface area contributed by atoms with Crippen molar-refractivity contribution in [3.8, 4) is 0 Å². The molecule has 0 fully saturated rings. The van der Waals surface area contributed by atoms with Crippen LogP contribution in [-0.2, 0) is 8.23 Å². The first-order valence-corrected chi connectivity index (χ1v) is 10.2. The summed E-state index contributed by atoms with van der Waals surface area (Å²) in [5.41, 5.74) is 9.33. The van der Waals surface area contributed by atoms with Gasteiger partial charge in [-0.1, -0.05) is 54.1 Å². The topological polar surface area (TPSA) is 18.5 Å². The molecule has 0 aliphatic heterocycles. The van der Waals surface area contributed by atoms with Crippen molar-refractivity contribution in [2.45, 2.75) is 13.8 Å². The molecule has 2 aromatic carbocycles. The highest BCUT2D eigenvalue weighted by molar-refractivity contribution is 6.66. The molecule has 0 saturated carbocycles. The van der Waals surface area contributed by atoms with Crippen LogP contribution in [0.1, 0.15) is 22.3 Å². The maximum absolute atomic E-state index is 5.97. The molecule has 0 heterocycles. The molecule has 0 bridgehead atoms. The summed E-state index contributed by atoms with van der Waals surface area (Å²) in [5, 5.41) is 0. The normalized spacial score (nSPS) is 11.8. The van der Waals surface area contributed by atoms with E-state index < -0.39 is 8.90 Å². The third kappa shape index (κ3) is 5.04. The Morgan fingerprint density at radius 2 is 1.76 bits per heavy atom. The van der Waals surface area contributed by atoms with Gasteiger partial charge in [-0.25, -0.2) is 0 Å². The molecule has 0 saturated heterocycles. The molecule has 0 spiro atoms. The van der Waals surface area contributed by atoms with Gasteiger partial charge in [0, 0.05) is 5.67 Å².